The second kappa shape index (κ2) is 8.76. The van der Waals surface area contributed by atoms with E-state index in [4.69, 9.17) is 0 Å². The maximum absolute atomic E-state index is 13.1. The molecule has 0 spiro atoms. The van der Waals surface area contributed by atoms with Crippen LogP contribution in [0.1, 0.15) is 42.8 Å². The fourth-order valence-electron chi connectivity index (χ4n) is 3.89. The number of benzene rings is 1. The fourth-order valence-corrected chi connectivity index (χ4v) is 3.89. The van der Waals surface area contributed by atoms with Gasteiger partial charge in [-0.3, -0.25) is 4.79 Å². The van der Waals surface area contributed by atoms with Gasteiger partial charge >= 0.3 is 12.4 Å². The molecule has 1 saturated heterocycles. The molecule has 0 unspecified atom stereocenters. The number of hydrogen-bond acceptors (Lipinski definition) is 5. The highest BCUT2D eigenvalue weighted by Gasteiger charge is 2.38. The van der Waals surface area contributed by atoms with Crippen molar-refractivity contribution in [2.45, 2.75) is 38.2 Å². The molecular formula is C21H20F6N6O. The highest BCUT2D eigenvalue weighted by atomic mass is 19.4. The SMILES string of the molecule is C[C@H](NC(=O)C1CCN(c2ccc3nnc(C(F)(F)F)n3n2)CC1)c1cccc(C(F)(F)F)c1. The summed E-state index contributed by atoms with van der Waals surface area (Å²) < 4.78 is 78.8. The number of anilines is 1. The van der Waals surface area contributed by atoms with E-state index in [0.717, 1.165) is 12.1 Å². The standard InChI is InChI=1S/C21H20F6N6O/c1-12(14-3-2-4-15(11-14)20(22,23)24)28-18(34)13-7-9-32(10-8-13)17-6-5-16-29-30-19(21(25,26)27)33(16)31-17/h2-6,11-13H,7-10H2,1H3,(H,28,34)/t12-/m0/s1. The number of amides is 1. The van der Waals surface area contributed by atoms with Crippen molar-refractivity contribution in [2.24, 2.45) is 5.92 Å². The molecule has 0 saturated carbocycles. The van der Waals surface area contributed by atoms with Gasteiger partial charge in [0.15, 0.2) is 5.65 Å². The zero-order valence-electron chi connectivity index (χ0n) is 17.9. The summed E-state index contributed by atoms with van der Waals surface area (Å²) in [5.74, 6) is -1.59. The monoisotopic (exact) mass is 486 g/mol. The predicted octanol–water partition coefficient (Wildman–Crippen LogP) is 4.26. The Morgan fingerprint density at radius 2 is 1.74 bits per heavy atom. The first-order valence-corrected chi connectivity index (χ1v) is 10.5. The van der Waals surface area contributed by atoms with Gasteiger partial charge in [0.1, 0.15) is 5.82 Å². The maximum Gasteiger partial charge on any atom is 0.453 e. The van der Waals surface area contributed by atoms with Gasteiger partial charge in [0.25, 0.3) is 5.82 Å². The lowest BCUT2D eigenvalue weighted by molar-refractivity contribution is -0.146. The Labute approximate surface area is 189 Å². The summed E-state index contributed by atoms with van der Waals surface area (Å²) >= 11 is 0. The van der Waals surface area contributed by atoms with Crippen LogP contribution in [0.3, 0.4) is 0 Å². The molecule has 0 bridgehead atoms. The fraction of sp³-hybridized carbons (Fsp3) is 0.429. The summed E-state index contributed by atoms with van der Waals surface area (Å²) in [6, 6.07) is 7.10. The molecule has 1 amide bonds. The van der Waals surface area contributed by atoms with E-state index in [0.29, 0.717) is 41.8 Å². The van der Waals surface area contributed by atoms with E-state index in [1.165, 1.54) is 18.2 Å². The molecule has 2 aromatic heterocycles. The topological polar surface area (TPSA) is 75.4 Å². The van der Waals surface area contributed by atoms with Crippen LogP contribution in [-0.4, -0.2) is 38.8 Å². The third kappa shape index (κ3) is 4.92. The Hall–Kier alpha value is -3.38. The molecular weight excluding hydrogens is 466 g/mol. The van der Waals surface area contributed by atoms with Crippen molar-refractivity contribution in [1.82, 2.24) is 25.1 Å². The van der Waals surface area contributed by atoms with Crippen LogP contribution in [0.5, 0.6) is 0 Å². The first-order chi connectivity index (χ1) is 15.9. The number of alkyl halides is 6. The van der Waals surface area contributed by atoms with Gasteiger partial charge in [0.2, 0.25) is 5.91 Å². The van der Waals surface area contributed by atoms with Gasteiger partial charge in [-0.25, -0.2) is 0 Å². The highest BCUT2D eigenvalue weighted by molar-refractivity contribution is 5.79. The number of nitrogens with one attached hydrogen (secondary N) is 1. The number of piperidine rings is 1. The number of rotatable bonds is 4. The Morgan fingerprint density at radius 3 is 2.38 bits per heavy atom. The van der Waals surface area contributed by atoms with Crippen LogP contribution >= 0.6 is 0 Å². The van der Waals surface area contributed by atoms with Crippen molar-refractivity contribution < 1.29 is 31.1 Å². The second-order valence-electron chi connectivity index (χ2n) is 8.10. The largest absolute Gasteiger partial charge is 0.453 e. The summed E-state index contributed by atoms with van der Waals surface area (Å²) in [5, 5.41) is 13.4. The van der Waals surface area contributed by atoms with E-state index < -0.39 is 29.8 Å². The van der Waals surface area contributed by atoms with Gasteiger partial charge < -0.3 is 10.2 Å². The lowest BCUT2D eigenvalue weighted by Crippen LogP contribution is -2.41. The average Bonchev–Trinajstić information content (AvgIpc) is 3.22. The minimum absolute atomic E-state index is 0.0334. The zero-order chi connectivity index (χ0) is 24.7. The van der Waals surface area contributed by atoms with Crippen LogP contribution in [0.15, 0.2) is 36.4 Å². The lowest BCUT2D eigenvalue weighted by atomic mass is 9.95. The Morgan fingerprint density at radius 1 is 1.03 bits per heavy atom. The summed E-state index contributed by atoms with van der Waals surface area (Å²) in [6.07, 6.45) is -8.35. The molecule has 3 heterocycles. The molecule has 7 nitrogen and oxygen atoms in total. The molecule has 34 heavy (non-hydrogen) atoms. The Balaban J connectivity index is 1.39. The molecule has 13 heteroatoms. The van der Waals surface area contributed by atoms with Crippen molar-refractivity contribution in [1.29, 1.82) is 0 Å². The van der Waals surface area contributed by atoms with Crippen molar-refractivity contribution in [2.75, 3.05) is 18.0 Å². The normalized spacial score (nSPS) is 16.6. The van der Waals surface area contributed by atoms with Crippen LogP contribution in [0, 0.1) is 5.92 Å². The number of carbonyl (C=O) groups excluding carboxylic acids is 1. The molecule has 182 valence electrons. The maximum atomic E-state index is 13.1. The summed E-state index contributed by atoms with van der Waals surface area (Å²) in [6.45, 7) is 2.36. The van der Waals surface area contributed by atoms with E-state index in [2.05, 4.69) is 20.6 Å². The molecule has 1 atom stereocenters. The molecule has 4 rings (SSSR count). The number of fused-ring (bicyclic) bond motifs is 1. The van der Waals surface area contributed by atoms with Gasteiger partial charge in [-0.2, -0.15) is 30.9 Å². The molecule has 0 radical (unpaired) electrons. The molecule has 1 aliphatic heterocycles. The summed E-state index contributed by atoms with van der Waals surface area (Å²) in [4.78, 5) is 14.5. The molecule has 1 aliphatic rings. The van der Waals surface area contributed by atoms with Crippen molar-refractivity contribution >= 4 is 17.4 Å². The van der Waals surface area contributed by atoms with E-state index >= 15 is 0 Å². The van der Waals surface area contributed by atoms with E-state index in [-0.39, 0.29) is 17.5 Å². The van der Waals surface area contributed by atoms with Gasteiger partial charge in [0, 0.05) is 19.0 Å². The Bertz CT molecular complexity index is 1180. The van der Waals surface area contributed by atoms with Crippen LogP contribution in [0.2, 0.25) is 0 Å². The zero-order valence-corrected chi connectivity index (χ0v) is 17.9. The van der Waals surface area contributed by atoms with Crippen molar-refractivity contribution in [3.63, 3.8) is 0 Å². The first-order valence-electron chi connectivity index (χ1n) is 10.5. The van der Waals surface area contributed by atoms with Crippen LogP contribution < -0.4 is 10.2 Å². The number of hydrogen-bond donors (Lipinski definition) is 1. The van der Waals surface area contributed by atoms with Crippen LogP contribution in [0.4, 0.5) is 32.2 Å². The molecule has 1 N–H and O–H groups in total. The minimum atomic E-state index is -4.70. The van der Waals surface area contributed by atoms with Gasteiger partial charge in [-0.1, -0.05) is 12.1 Å². The molecule has 1 fully saturated rings. The minimum Gasteiger partial charge on any atom is -0.355 e. The summed E-state index contributed by atoms with van der Waals surface area (Å²) in [7, 11) is 0. The number of nitrogens with zero attached hydrogens (tertiary/aromatic N) is 5. The lowest BCUT2D eigenvalue weighted by Gasteiger charge is -2.32. The number of halogens is 6. The quantitative estimate of drug-likeness (QED) is 0.558. The van der Waals surface area contributed by atoms with E-state index in [1.807, 2.05) is 0 Å². The van der Waals surface area contributed by atoms with Gasteiger partial charge in [-0.05, 0) is 49.6 Å². The van der Waals surface area contributed by atoms with Crippen LogP contribution in [0.25, 0.3) is 5.65 Å². The summed E-state index contributed by atoms with van der Waals surface area (Å²) in [5.41, 5.74) is -0.480. The van der Waals surface area contributed by atoms with E-state index in [9.17, 15) is 31.1 Å². The third-order valence-electron chi connectivity index (χ3n) is 5.76. The van der Waals surface area contributed by atoms with Gasteiger partial charge in [0.05, 0.1) is 11.6 Å². The first kappa shape index (κ1) is 23.8. The number of carbonyl (C=O) groups is 1. The smallest absolute Gasteiger partial charge is 0.355 e. The predicted molar refractivity (Wildman–Crippen MR) is 109 cm³/mol. The van der Waals surface area contributed by atoms with Gasteiger partial charge in [-0.15, -0.1) is 15.3 Å². The molecule has 3 aromatic rings. The van der Waals surface area contributed by atoms with Crippen molar-refractivity contribution in [3.05, 3.63) is 53.3 Å². The molecule has 0 aliphatic carbocycles. The average molecular weight is 486 g/mol. The second-order valence-corrected chi connectivity index (χ2v) is 8.10. The van der Waals surface area contributed by atoms with E-state index in [1.54, 1.807) is 17.9 Å². The highest BCUT2D eigenvalue weighted by Crippen LogP contribution is 2.31. The Kier molecular flexibility index (Phi) is 6.13. The molecule has 1 aromatic carbocycles. The van der Waals surface area contributed by atoms with Crippen molar-refractivity contribution in [3.8, 4) is 0 Å². The number of aromatic nitrogens is 4. The van der Waals surface area contributed by atoms with Crippen LogP contribution in [-0.2, 0) is 17.1 Å². The third-order valence-corrected chi connectivity index (χ3v) is 5.76.